The Kier molecular flexibility index (Phi) is 5.08. The minimum atomic E-state index is -0.994. The molecule has 2 atom stereocenters. The third kappa shape index (κ3) is 4.16. The molecule has 2 aliphatic rings. The molecule has 1 saturated carbocycles. The van der Waals surface area contributed by atoms with Crippen LogP contribution in [-0.2, 0) is 4.79 Å². The Balaban J connectivity index is 1.36. The second-order valence-electron chi connectivity index (χ2n) is 7.93. The van der Waals surface area contributed by atoms with Gasteiger partial charge in [-0.2, -0.15) is 5.10 Å². The van der Waals surface area contributed by atoms with E-state index in [1.165, 1.54) is 12.4 Å². The molecule has 4 rings (SSSR count). The minimum absolute atomic E-state index is 0.0165. The molecule has 0 spiro atoms. The van der Waals surface area contributed by atoms with Gasteiger partial charge in [-0.25, -0.2) is 4.79 Å². The molecule has 1 aliphatic heterocycles. The Morgan fingerprint density at radius 2 is 1.90 bits per heavy atom. The number of likely N-dealkylation sites (tertiary alicyclic amines) is 1. The normalized spacial score (nSPS) is 21.6. The number of carbonyl (C=O) groups excluding carboxylic acids is 2. The molecule has 1 aromatic heterocycles. The van der Waals surface area contributed by atoms with Crippen LogP contribution in [0.25, 0.3) is 0 Å². The monoisotopic (exact) mass is 396 g/mol. The van der Waals surface area contributed by atoms with Gasteiger partial charge in [-0.3, -0.25) is 14.3 Å². The lowest BCUT2D eigenvalue weighted by molar-refractivity contribution is -0.117. The molecule has 0 bridgehead atoms. The summed E-state index contributed by atoms with van der Waals surface area (Å²) < 4.78 is 1.68. The molecule has 2 aromatic rings. The fraction of sp³-hybridized carbons (Fsp3) is 0.429. The first-order valence-electron chi connectivity index (χ1n) is 9.90. The predicted molar refractivity (Wildman–Crippen MR) is 106 cm³/mol. The van der Waals surface area contributed by atoms with Crippen molar-refractivity contribution >= 4 is 23.5 Å². The van der Waals surface area contributed by atoms with Crippen LogP contribution in [0, 0.1) is 11.8 Å². The SMILES string of the molecule is CC1CC1C(=O)Nc1cccc(C(=O)N2CCC(n3cc(C(=O)O)cn3)CC2)c1. The Morgan fingerprint density at radius 1 is 1.17 bits per heavy atom. The van der Waals surface area contributed by atoms with Crippen molar-refractivity contribution < 1.29 is 19.5 Å². The molecular weight excluding hydrogens is 372 g/mol. The highest BCUT2D eigenvalue weighted by atomic mass is 16.4. The number of nitrogens with one attached hydrogen (secondary N) is 1. The highest BCUT2D eigenvalue weighted by Gasteiger charge is 2.39. The van der Waals surface area contributed by atoms with Crippen molar-refractivity contribution in [2.24, 2.45) is 11.8 Å². The van der Waals surface area contributed by atoms with E-state index in [1.54, 1.807) is 33.8 Å². The van der Waals surface area contributed by atoms with Crippen LogP contribution in [0.3, 0.4) is 0 Å². The van der Waals surface area contributed by atoms with Crippen molar-refractivity contribution in [1.29, 1.82) is 0 Å². The van der Waals surface area contributed by atoms with Crippen molar-refractivity contribution in [1.82, 2.24) is 14.7 Å². The molecule has 1 aliphatic carbocycles. The molecule has 1 saturated heterocycles. The van der Waals surface area contributed by atoms with Gasteiger partial charge in [0.25, 0.3) is 5.91 Å². The number of amides is 2. The van der Waals surface area contributed by atoms with Gasteiger partial charge in [-0.1, -0.05) is 13.0 Å². The molecule has 2 unspecified atom stereocenters. The Bertz CT molecular complexity index is 946. The van der Waals surface area contributed by atoms with Gasteiger partial charge in [0.05, 0.1) is 17.8 Å². The van der Waals surface area contributed by atoms with Crippen molar-refractivity contribution in [3.8, 4) is 0 Å². The molecule has 8 nitrogen and oxygen atoms in total. The summed E-state index contributed by atoms with van der Waals surface area (Å²) in [6.07, 6.45) is 5.23. The maximum Gasteiger partial charge on any atom is 0.338 e. The summed E-state index contributed by atoms with van der Waals surface area (Å²) in [4.78, 5) is 37.8. The van der Waals surface area contributed by atoms with E-state index in [-0.39, 0.29) is 29.3 Å². The van der Waals surface area contributed by atoms with Gasteiger partial charge in [0.15, 0.2) is 0 Å². The van der Waals surface area contributed by atoms with Gasteiger partial charge in [0, 0.05) is 36.5 Å². The summed E-state index contributed by atoms with van der Waals surface area (Å²) in [6, 6.07) is 7.15. The first-order valence-corrected chi connectivity index (χ1v) is 9.90. The number of carbonyl (C=O) groups is 3. The fourth-order valence-corrected chi connectivity index (χ4v) is 3.82. The van der Waals surface area contributed by atoms with Crippen LogP contribution >= 0.6 is 0 Å². The Labute approximate surface area is 168 Å². The van der Waals surface area contributed by atoms with E-state index in [0.29, 0.717) is 43.1 Å². The molecular formula is C21H24N4O4. The average Bonchev–Trinajstić information content (AvgIpc) is 3.25. The Morgan fingerprint density at radius 3 is 2.52 bits per heavy atom. The smallest absolute Gasteiger partial charge is 0.338 e. The Hall–Kier alpha value is -3.16. The van der Waals surface area contributed by atoms with Crippen LogP contribution in [0.2, 0.25) is 0 Å². The summed E-state index contributed by atoms with van der Waals surface area (Å²) in [5.41, 5.74) is 1.37. The number of nitrogens with zero attached hydrogens (tertiary/aromatic N) is 3. The van der Waals surface area contributed by atoms with Crippen LogP contribution in [-0.4, -0.2) is 50.7 Å². The van der Waals surface area contributed by atoms with E-state index in [1.807, 2.05) is 0 Å². The van der Waals surface area contributed by atoms with E-state index >= 15 is 0 Å². The van der Waals surface area contributed by atoms with E-state index in [4.69, 9.17) is 5.11 Å². The average molecular weight is 396 g/mol. The number of carboxylic acid groups (broad SMARTS) is 1. The van der Waals surface area contributed by atoms with Crippen LogP contribution in [0.5, 0.6) is 0 Å². The fourth-order valence-electron chi connectivity index (χ4n) is 3.82. The number of hydrogen-bond donors (Lipinski definition) is 2. The third-order valence-corrected chi connectivity index (χ3v) is 5.80. The maximum absolute atomic E-state index is 12.9. The van der Waals surface area contributed by atoms with E-state index in [0.717, 1.165) is 6.42 Å². The highest BCUT2D eigenvalue weighted by Crippen LogP contribution is 2.38. The highest BCUT2D eigenvalue weighted by molar-refractivity contribution is 5.98. The van der Waals surface area contributed by atoms with Gasteiger partial charge in [-0.05, 0) is 43.4 Å². The van der Waals surface area contributed by atoms with E-state index in [9.17, 15) is 14.4 Å². The summed E-state index contributed by atoms with van der Waals surface area (Å²) >= 11 is 0. The quantitative estimate of drug-likeness (QED) is 0.808. The lowest BCUT2D eigenvalue weighted by Crippen LogP contribution is -2.39. The van der Waals surface area contributed by atoms with Gasteiger partial charge >= 0.3 is 5.97 Å². The lowest BCUT2D eigenvalue weighted by Gasteiger charge is -2.32. The number of benzene rings is 1. The summed E-state index contributed by atoms with van der Waals surface area (Å²) in [7, 11) is 0. The van der Waals surface area contributed by atoms with Gasteiger partial charge in [0.2, 0.25) is 5.91 Å². The number of aromatic carboxylic acids is 1. The lowest BCUT2D eigenvalue weighted by atomic mass is 10.0. The summed E-state index contributed by atoms with van der Waals surface area (Å²) in [5.74, 6) is -0.527. The second kappa shape index (κ2) is 7.69. The van der Waals surface area contributed by atoms with Crippen molar-refractivity contribution in [2.45, 2.75) is 32.2 Å². The zero-order chi connectivity index (χ0) is 20.5. The number of carboxylic acids is 1. The zero-order valence-corrected chi connectivity index (χ0v) is 16.2. The van der Waals surface area contributed by atoms with Crippen molar-refractivity contribution in [3.63, 3.8) is 0 Å². The third-order valence-electron chi connectivity index (χ3n) is 5.80. The molecule has 0 radical (unpaired) electrons. The number of anilines is 1. The molecule has 152 valence electrons. The molecule has 2 amide bonds. The van der Waals surface area contributed by atoms with Gasteiger partial charge in [0.1, 0.15) is 0 Å². The number of aromatic nitrogens is 2. The predicted octanol–water partition coefficient (Wildman–Crippen LogP) is 2.65. The van der Waals surface area contributed by atoms with Gasteiger partial charge in [-0.15, -0.1) is 0 Å². The maximum atomic E-state index is 12.9. The van der Waals surface area contributed by atoms with Crippen LogP contribution in [0.15, 0.2) is 36.7 Å². The largest absolute Gasteiger partial charge is 0.478 e. The summed E-state index contributed by atoms with van der Waals surface area (Å²) in [5, 5.41) is 16.1. The van der Waals surface area contributed by atoms with Gasteiger partial charge < -0.3 is 15.3 Å². The first-order chi connectivity index (χ1) is 13.9. The van der Waals surface area contributed by atoms with Crippen LogP contribution < -0.4 is 5.32 Å². The van der Waals surface area contributed by atoms with Crippen molar-refractivity contribution in [3.05, 3.63) is 47.8 Å². The zero-order valence-electron chi connectivity index (χ0n) is 16.2. The molecule has 29 heavy (non-hydrogen) atoms. The molecule has 2 fully saturated rings. The van der Waals surface area contributed by atoms with Crippen LogP contribution in [0.1, 0.15) is 52.9 Å². The van der Waals surface area contributed by atoms with E-state index in [2.05, 4.69) is 17.3 Å². The molecule has 2 N–H and O–H groups in total. The second-order valence-corrected chi connectivity index (χ2v) is 7.93. The summed E-state index contributed by atoms with van der Waals surface area (Å²) in [6.45, 7) is 3.20. The van der Waals surface area contributed by atoms with Crippen molar-refractivity contribution in [2.75, 3.05) is 18.4 Å². The molecule has 1 aromatic carbocycles. The molecule has 8 heteroatoms. The number of rotatable bonds is 5. The van der Waals surface area contributed by atoms with E-state index < -0.39 is 5.97 Å². The minimum Gasteiger partial charge on any atom is -0.478 e. The topological polar surface area (TPSA) is 105 Å². The number of piperidine rings is 1. The first kappa shape index (κ1) is 19.2. The van der Waals surface area contributed by atoms with Crippen LogP contribution in [0.4, 0.5) is 5.69 Å². The standard InChI is InChI=1S/C21H24N4O4/c1-13-9-18(13)19(26)23-16-4-2-3-14(10-16)20(27)24-7-5-17(6-8-24)25-12-15(11-22-25)21(28)29/h2-4,10-13,17-18H,5-9H2,1H3,(H,23,26)(H,28,29). The molecule has 2 heterocycles. The number of hydrogen-bond acceptors (Lipinski definition) is 4.